The Morgan fingerprint density at radius 3 is 2.69 bits per heavy atom. The molecule has 8 nitrogen and oxygen atoms in total. The summed E-state index contributed by atoms with van der Waals surface area (Å²) in [4.78, 5) is 35.9. The number of ether oxygens (including phenoxy) is 3. The molecule has 0 saturated carbocycles. The van der Waals surface area contributed by atoms with Crippen molar-refractivity contribution in [3.63, 3.8) is 0 Å². The fourth-order valence-electron chi connectivity index (χ4n) is 2.43. The van der Waals surface area contributed by atoms with Crippen molar-refractivity contribution in [3.8, 4) is 11.5 Å². The maximum atomic E-state index is 12.2. The number of rotatable bonds is 6. The topological polar surface area (TPSA) is 96.7 Å². The highest BCUT2D eigenvalue weighted by atomic mass is 16.6. The van der Waals surface area contributed by atoms with E-state index < -0.39 is 12.6 Å². The standard InChI is InChI=1S/C18H18N2O6/c1-2-7-20-17(22)6-4-13(19-20)18(23)26-11-14(21)12-3-5-15-16(10-12)25-9-8-24-15/h3-6,10H,2,7-9,11H2,1H3. The first-order valence-electron chi connectivity index (χ1n) is 8.26. The molecule has 0 fully saturated rings. The van der Waals surface area contributed by atoms with Crippen LogP contribution in [-0.2, 0) is 11.3 Å². The van der Waals surface area contributed by atoms with Gasteiger partial charge in [-0.25, -0.2) is 9.48 Å². The summed E-state index contributed by atoms with van der Waals surface area (Å²) >= 11 is 0. The van der Waals surface area contributed by atoms with Crippen LogP contribution < -0.4 is 15.0 Å². The minimum atomic E-state index is -0.763. The van der Waals surface area contributed by atoms with E-state index in [0.717, 1.165) is 0 Å². The van der Waals surface area contributed by atoms with Crippen molar-refractivity contribution >= 4 is 11.8 Å². The minimum Gasteiger partial charge on any atom is -0.486 e. The number of nitrogens with zero attached hydrogens (tertiary/aromatic N) is 2. The molecule has 0 spiro atoms. The summed E-state index contributed by atoms with van der Waals surface area (Å²) in [7, 11) is 0. The molecular weight excluding hydrogens is 340 g/mol. The number of esters is 1. The van der Waals surface area contributed by atoms with Gasteiger partial charge in [-0.3, -0.25) is 9.59 Å². The predicted molar refractivity (Wildman–Crippen MR) is 90.8 cm³/mol. The molecule has 8 heteroatoms. The van der Waals surface area contributed by atoms with E-state index in [1.54, 1.807) is 18.2 Å². The minimum absolute atomic E-state index is 0.0203. The molecule has 0 unspecified atom stereocenters. The van der Waals surface area contributed by atoms with Crippen LogP contribution in [0.2, 0.25) is 0 Å². The molecule has 0 aliphatic carbocycles. The van der Waals surface area contributed by atoms with E-state index in [9.17, 15) is 14.4 Å². The predicted octanol–water partition coefficient (Wildman–Crippen LogP) is 1.46. The Morgan fingerprint density at radius 1 is 1.15 bits per heavy atom. The Hall–Kier alpha value is -3.16. The summed E-state index contributed by atoms with van der Waals surface area (Å²) in [5.74, 6) is -0.0770. The molecule has 0 saturated heterocycles. The number of hydrogen-bond donors (Lipinski definition) is 0. The molecule has 0 radical (unpaired) electrons. The average molecular weight is 358 g/mol. The normalized spacial score (nSPS) is 12.5. The Balaban J connectivity index is 1.65. The van der Waals surface area contributed by atoms with Gasteiger partial charge in [0.25, 0.3) is 5.56 Å². The van der Waals surface area contributed by atoms with Gasteiger partial charge in [0.1, 0.15) is 13.2 Å². The van der Waals surface area contributed by atoms with Crippen molar-refractivity contribution in [2.45, 2.75) is 19.9 Å². The Labute approximate surface area is 149 Å². The number of fused-ring (bicyclic) bond motifs is 1. The van der Waals surface area contributed by atoms with E-state index in [2.05, 4.69) is 5.10 Å². The molecule has 0 atom stereocenters. The number of aromatic nitrogens is 2. The molecular formula is C18H18N2O6. The van der Waals surface area contributed by atoms with Crippen LogP contribution in [0.4, 0.5) is 0 Å². The molecule has 1 aliphatic rings. The summed E-state index contributed by atoms with van der Waals surface area (Å²) in [5, 5.41) is 3.95. The summed E-state index contributed by atoms with van der Waals surface area (Å²) in [6.07, 6.45) is 0.702. The first kappa shape index (κ1) is 17.7. The summed E-state index contributed by atoms with van der Waals surface area (Å²) in [6, 6.07) is 7.33. The second-order valence-corrected chi connectivity index (χ2v) is 5.64. The van der Waals surface area contributed by atoms with E-state index in [-0.39, 0.29) is 17.0 Å². The fraction of sp³-hybridized carbons (Fsp3) is 0.333. The van der Waals surface area contributed by atoms with Gasteiger partial charge >= 0.3 is 5.97 Å². The molecule has 0 amide bonds. The zero-order valence-corrected chi connectivity index (χ0v) is 14.3. The Morgan fingerprint density at radius 2 is 1.92 bits per heavy atom. The molecule has 2 heterocycles. The van der Waals surface area contributed by atoms with Crippen LogP contribution in [0.3, 0.4) is 0 Å². The number of carbonyl (C=O) groups is 2. The number of Topliss-reactive ketones (excluding diaryl/α,β-unsaturated/α-hetero) is 1. The van der Waals surface area contributed by atoms with Crippen LogP contribution in [-0.4, -0.2) is 41.4 Å². The third-order valence-electron chi connectivity index (χ3n) is 3.71. The van der Waals surface area contributed by atoms with E-state index in [0.29, 0.717) is 43.2 Å². The fourth-order valence-corrected chi connectivity index (χ4v) is 2.43. The molecule has 1 aliphatic heterocycles. The van der Waals surface area contributed by atoms with Crippen molar-refractivity contribution < 1.29 is 23.8 Å². The van der Waals surface area contributed by atoms with Crippen LogP contribution in [0.25, 0.3) is 0 Å². The first-order valence-corrected chi connectivity index (χ1v) is 8.26. The van der Waals surface area contributed by atoms with Gasteiger partial charge < -0.3 is 14.2 Å². The number of hydrogen-bond acceptors (Lipinski definition) is 7. The van der Waals surface area contributed by atoms with E-state index in [1.165, 1.54) is 16.8 Å². The quantitative estimate of drug-likeness (QED) is 0.570. The van der Waals surface area contributed by atoms with Gasteiger partial charge in [-0.2, -0.15) is 5.10 Å². The van der Waals surface area contributed by atoms with Gasteiger partial charge in [0.05, 0.1) is 0 Å². The Bertz CT molecular complexity index is 889. The van der Waals surface area contributed by atoms with Crippen molar-refractivity contribution in [1.82, 2.24) is 9.78 Å². The summed E-state index contributed by atoms with van der Waals surface area (Å²) in [5.41, 5.74) is 0.0368. The number of carbonyl (C=O) groups excluding carboxylic acids is 2. The van der Waals surface area contributed by atoms with Gasteiger partial charge in [0, 0.05) is 18.2 Å². The highest BCUT2D eigenvalue weighted by Crippen LogP contribution is 2.30. The monoisotopic (exact) mass is 358 g/mol. The lowest BCUT2D eigenvalue weighted by Gasteiger charge is -2.18. The largest absolute Gasteiger partial charge is 0.486 e. The number of ketones is 1. The van der Waals surface area contributed by atoms with Gasteiger partial charge in [0.15, 0.2) is 29.6 Å². The first-order chi connectivity index (χ1) is 12.6. The summed E-state index contributed by atoms with van der Waals surface area (Å²) in [6.45, 7) is 2.73. The van der Waals surface area contributed by atoms with E-state index in [4.69, 9.17) is 14.2 Å². The molecule has 0 bridgehead atoms. The van der Waals surface area contributed by atoms with Gasteiger partial charge in [-0.05, 0) is 30.7 Å². The highest BCUT2D eigenvalue weighted by molar-refractivity contribution is 5.99. The molecule has 1 aromatic carbocycles. The second kappa shape index (κ2) is 7.81. The van der Waals surface area contributed by atoms with Crippen molar-refractivity contribution in [2.75, 3.05) is 19.8 Å². The van der Waals surface area contributed by atoms with Crippen molar-refractivity contribution in [1.29, 1.82) is 0 Å². The smallest absolute Gasteiger partial charge is 0.359 e. The van der Waals surface area contributed by atoms with Gasteiger partial charge in [0.2, 0.25) is 0 Å². The summed E-state index contributed by atoms with van der Waals surface area (Å²) < 4.78 is 17.0. The van der Waals surface area contributed by atoms with Crippen LogP contribution in [0.15, 0.2) is 35.1 Å². The van der Waals surface area contributed by atoms with Gasteiger partial charge in [-0.1, -0.05) is 6.92 Å². The van der Waals surface area contributed by atoms with Crippen LogP contribution >= 0.6 is 0 Å². The SMILES string of the molecule is CCCn1nc(C(=O)OCC(=O)c2ccc3c(c2)OCCO3)ccc1=O. The third-order valence-corrected chi connectivity index (χ3v) is 3.71. The molecule has 26 heavy (non-hydrogen) atoms. The molecule has 3 rings (SSSR count). The molecule has 0 N–H and O–H groups in total. The molecule has 136 valence electrons. The average Bonchev–Trinajstić information content (AvgIpc) is 2.67. The number of aryl methyl sites for hydroxylation is 1. The highest BCUT2D eigenvalue weighted by Gasteiger charge is 2.17. The van der Waals surface area contributed by atoms with Gasteiger partial charge in [-0.15, -0.1) is 0 Å². The lowest BCUT2D eigenvalue weighted by Crippen LogP contribution is -2.25. The molecule has 2 aromatic rings. The third kappa shape index (κ3) is 3.90. The maximum absolute atomic E-state index is 12.2. The van der Waals surface area contributed by atoms with E-state index in [1.807, 2.05) is 6.92 Å². The molecule has 1 aromatic heterocycles. The maximum Gasteiger partial charge on any atom is 0.359 e. The second-order valence-electron chi connectivity index (χ2n) is 5.64. The zero-order chi connectivity index (χ0) is 18.5. The number of benzene rings is 1. The van der Waals surface area contributed by atoms with E-state index >= 15 is 0 Å². The zero-order valence-electron chi connectivity index (χ0n) is 14.3. The van der Waals surface area contributed by atoms with Crippen molar-refractivity contribution in [2.24, 2.45) is 0 Å². The lowest BCUT2D eigenvalue weighted by molar-refractivity contribution is 0.0466. The van der Waals surface area contributed by atoms with Crippen LogP contribution in [0, 0.1) is 0 Å². The van der Waals surface area contributed by atoms with Crippen LogP contribution in [0.1, 0.15) is 34.2 Å². The lowest BCUT2D eigenvalue weighted by atomic mass is 10.1. The van der Waals surface area contributed by atoms with Crippen molar-refractivity contribution in [3.05, 3.63) is 51.9 Å². The van der Waals surface area contributed by atoms with Crippen LogP contribution in [0.5, 0.6) is 11.5 Å². The Kier molecular flexibility index (Phi) is 5.31.